The van der Waals surface area contributed by atoms with Crippen molar-refractivity contribution in [2.45, 2.75) is 124 Å². The SMILES string of the molecule is CCCC(CC1(C)C=C(C2CCCCC2)C(O)=CC1)CC1(C)C=C(C2CCCCC2)C(O)=CC1. The molecule has 0 aromatic heterocycles. The maximum absolute atomic E-state index is 10.7. The Bertz CT molecular complexity index is 752. The van der Waals surface area contributed by atoms with Crippen LogP contribution in [0.15, 0.2) is 47.0 Å². The van der Waals surface area contributed by atoms with Crippen LogP contribution in [0.3, 0.4) is 0 Å². The predicted octanol–water partition coefficient (Wildman–Crippen LogP) is 9.90. The first kappa shape index (κ1) is 25.6. The fraction of sp³-hybridized carbons (Fsp3) is 0.750. The molecular weight excluding hydrogens is 416 g/mol. The van der Waals surface area contributed by atoms with Crippen molar-refractivity contribution in [3.05, 3.63) is 47.0 Å². The third-order valence-electron chi connectivity index (χ3n) is 9.42. The third-order valence-corrected chi connectivity index (χ3v) is 9.42. The van der Waals surface area contributed by atoms with Gasteiger partial charge in [-0.25, -0.2) is 0 Å². The largest absolute Gasteiger partial charge is 0.508 e. The van der Waals surface area contributed by atoms with Crippen molar-refractivity contribution >= 4 is 0 Å². The average Bonchev–Trinajstić information content (AvgIpc) is 2.84. The summed E-state index contributed by atoms with van der Waals surface area (Å²) in [7, 11) is 0. The minimum Gasteiger partial charge on any atom is -0.508 e. The van der Waals surface area contributed by atoms with Crippen LogP contribution in [0.1, 0.15) is 124 Å². The molecule has 190 valence electrons. The molecule has 0 aromatic rings. The Kier molecular flexibility index (Phi) is 8.36. The molecule has 4 aliphatic carbocycles. The lowest BCUT2D eigenvalue weighted by molar-refractivity contribution is 0.210. The molecule has 2 heteroatoms. The standard InChI is InChI=1S/C32H50O2/c1-4-11-24(20-31(2)18-16-29(33)27(22-31)25-12-7-5-8-13-25)21-32(3)19-17-30(34)28(23-32)26-14-9-6-10-15-26/h16-17,22-26,33-34H,4-15,18-21H2,1-3H3. The van der Waals surface area contributed by atoms with Gasteiger partial charge in [0.15, 0.2) is 0 Å². The molecule has 0 radical (unpaired) electrons. The Balaban J connectivity index is 1.49. The van der Waals surface area contributed by atoms with Gasteiger partial charge < -0.3 is 10.2 Å². The summed E-state index contributed by atoms with van der Waals surface area (Å²) in [5.74, 6) is 2.90. The van der Waals surface area contributed by atoms with Crippen LogP contribution in [0.2, 0.25) is 0 Å². The van der Waals surface area contributed by atoms with Gasteiger partial charge in [0.05, 0.1) is 0 Å². The fourth-order valence-electron chi connectivity index (χ4n) is 7.68. The quantitative estimate of drug-likeness (QED) is 0.373. The molecule has 0 aliphatic heterocycles. The molecule has 0 amide bonds. The summed E-state index contributed by atoms with van der Waals surface area (Å²) in [6.45, 7) is 7.18. The second-order valence-electron chi connectivity index (χ2n) is 12.8. The molecule has 2 fully saturated rings. The number of hydrogen-bond donors (Lipinski definition) is 2. The van der Waals surface area contributed by atoms with Crippen molar-refractivity contribution in [3.8, 4) is 0 Å². The normalized spacial score (nSPS) is 32.4. The smallest absolute Gasteiger partial charge is 0.114 e. The minimum absolute atomic E-state index is 0.137. The molecule has 2 N–H and O–H groups in total. The lowest BCUT2D eigenvalue weighted by atomic mass is 9.65. The van der Waals surface area contributed by atoms with E-state index in [0.29, 0.717) is 29.3 Å². The predicted molar refractivity (Wildman–Crippen MR) is 144 cm³/mol. The lowest BCUT2D eigenvalue weighted by Gasteiger charge is -2.40. The summed E-state index contributed by atoms with van der Waals surface area (Å²) < 4.78 is 0. The first-order valence-electron chi connectivity index (χ1n) is 14.6. The molecule has 2 unspecified atom stereocenters. The van der Waals surface area contributed by atoms with E-state index in [1.165, 1.54) is 101 Å². The first-order valence-corrected chi connectivity index (χ1v) is 14.6. The number of aliphatic hydroxyl groups is 2. The van der Waals surface area contributed by atoms with Gasteiger partial charge in [0.2, 0.25) is 0 Å². The van der Waals surface area contributed by atoms with E-state index >= 15 is 0 Å². The molecule has 0 aromatic carbocycles. The van der Waals surface area contributed by atoms with E-state index in [0.717, 1.165) is 12.8 Å². The molecule has 2 saturated carbocycles. The van der Waals surface area contributed by atoms with Crippen LogP contribution < -0.4 is 0 Å². The molecule has 2 nitrogen and oxygen atoms in total. The van der Waals surface area contributed by atoms with Gasteiger partial charge in [0, 0.05) is 0 Å². The second-order valence-corrected chi connectivity index (χ2v) is 12.8. The number of hydrogen-bond acceptors (Lipinski definition) is 2. The van der Waals surface area contributed by atoms with Crippen molar-refractivity contribution in [3.63, 3.8) is 0 Å². The van der Waals surface area contributed by atoms with Gasteiger partial charge in [-0.1, -0.05) is 84.3 Å². The monoisotopic (exact) mass is 466 g/mol. The van der Waals surface area contributed by atoms with Crippen molar-refractivity contribution < 1.29 is 10.2 Å². The zero-order chi connectivity index (χ0) is 24.2. The highest BCUT2D eigenvalue weighted by Gasteiger charge is 2.36. The molecule has 0 heterocycles. The van der Waals surface area contributed by atoms with E-state index in [1.54, 1.807) is 0 Å². The summed E-state index contributed by atoms with van der Waals surface area (Å²) in [5, 5.41) is 21.5. The zero-order valence-electron chi connectivity index (χ0n) is 22.2. The summed E-state index contributed by atoms with van der Waals surface area (Å²) >= 11 is 0. The first-order chi connectivity index (χ1) is 16.3. The number of aliphatic hydroxyl groups excluding tert-OH is 2. The van der Waals surface area contributed by atoms with Crippen molar-refractivity contribution in [1.29, 1.82) is 0 Å². The van der Waals surface area contributed by atoms with Crippen LogP contribution >= 0.6 is 0 Å². The highest BCUT2D eigenvalue weighted by atomic mass is 16.3. The van der Waals surface area contributed by atoms with Gasteiger partial charge in [-0.05, 0) is 103 Å². The molecule has 0 spiro atoms. The number of allylic oxidation sites excluding steroid dienone is 6. The summed E-state index contributed by atoms with van der Waals surface area (Å²) in [4.78, 5) is 0. The lowest BCUT2D eigenvalue weighted by Crippen LogP contribution is -2.28. The average molecular weight is 467 g/mol. The van der Waals surface area contributed by atoms with Gasteiger partial charge >= 0.3 is 0 Å². The van der Waals surface area contributed by atoms with E-state index in [1.807, 2.05) is 0 Å². The Morgan fingerprint density at radius 1 is 0.735 bits per heavy atom. The molecule has 2 atom stereocenters. The molecule has 0 saturated heterocycles. The maximum atomic E-state index is 10.7. The van der Waals surface area contributed by atoms with Gasteiger partial charge in [-0.3, -0.25) is 0 Å². The van der Waals surface area contributed by atoms with Crippen LogP contribution in [-0.2, 0) is 0 Å². The molecule has 0 bridgehead atoms. The summed E-state index contributed by atoms with van der Waals surface area (Å²) in [6.07, 6.45) is 28.9. The zero-order valence-corrected chi connectivity index (χ0v) is 22.2. The second kappa shape index (κ2) is 11.1. The van der Waals surface area contributed by atoms with Crippen LogP contribution in [-0.4, -0.2) is 10.2 Å². The minimum atomic E-state index is 0.137. The maximum Gasteiger partial charge on any atom is 0.114 e. The number of rotatable bonds is 8. The highest BCUT2D eigenvalue weighted by molar-refractivity contribution is 5.35. The van der Waals surface area contributed by atoms with Gasteiger partial charge in [-0.2, -0.15) is 0 Å². The van der Waals surface area contributed by atoms with Gasteiger partial charge in [0.1, 0.15) is 11.5 Å². The Morgan fingerprint density at radius 3 is 1.53 bits per heavy atom. The van der Waals surface area contributed by atoms with E-state index in [-0.39, 0.29) is 10.8 Å². The topological polar surface area (TPSA) is 40.5 Å². The summed E-state index contributed by atoms with van der Waals surface area (Å²) in [6, 6.07) is 0. The van der Waals surface area contributed by atoms with Crippen LogP contribution in [0.25, 0.3) is 0 Å². The van der Waals surface area contributed by atoms with E-state index in [4.69, 9.17) is 0 Å². The molecular formula is C32H50O2. The van der Waals surface area contributed by atoms with Crippen molar-refractivity contribution in [2.75, 3.05) is 0 Å². The fourth-order valence-corrected chi connectivity index (χ4v) is 7.68. The molecule has 4 aliphatic rings. The van der Waals surface area contributed by atoms with Crippen LogP contribution in [0.5, 0.6) is 0 Å². The van der Waals surface area contributed by atoms with Crippen molar-refractivity contribution in [2.24, 2.45) is 28.6 Å². The van der Waals surface area contributed by atoms with Gasteiger partial charge in [0.25, 0.3) is 0 Å². The van der Waals surface area contributed by atoms with Crippen molar-refractivity contribution in [1.82, 2.24) is 0 Å². The van der Waals surface area contributed by atoms with E-state index < -0.39 is 0 Å². The van der Waals surface area contributed by atoms with Crippen LogP contribution in [0.4, 0.5) is 0 Å². The van der Waals surface area contributed by atoms with E-state index in [2.05, 4.69) is 45.1 Å². The van der Waals surface area contributed by atoms with E-state index in [9.17, 15) is 10.2 Å². The Labute approximate surface area is 209 Å². The Morgan fingerprint density at radius 2 is 1.15 bits per heavy atom. The molecule has 4 rings (SSSR count). The molecule has 34 heavy (non-hydrogen) atoms. The third kappa shape index (κ3) is 6.21. The Hall–Kier alpha value is -1.44. The van der Waals surface area contributed by atoms with Crippen LogP contribution in [0, 0.1) is 28.6 Å². The highest BCUT2D eigenvalue weighted by Crippen LogP contribution is 2.48. The van der Waals surface area contributed by atoms with Gasteiger partial charge in [-0.15, -0.1) is 0 Å². The summed E-state index contributed by atoms with van der Waals surface area (Å²) in [5.41, 5.74) is 2.77.